The van der Waals surface area contributed by atoms with E-state index in [9.17, 15) is 14.4 Å². The molecule has 7 heteroatoms. The number of carbonyl (C=O) groups excluding carboxylic acids is 3. The lowest BCUT2D eigenvalue weighted by Gasteiger charge is -2.18. The Hall–Kier alpha value is -3.35. The molecule has 1 aliphatic heterocycles. The minimum Gasteiger partial charge on any atom is -0.458 e. The van der Waals surface area contributed by atoms with E-state index in [-0.39, 0.29) is 12.3 Å². The molecule has 0 aliphatic carbocycles. The summed E-state index contributed by atoms with van der Waals surface area (Å²) in [5.74, 6) is -0.527. The third kappa shape index (κ3) is 2.32. The zero-order chi connectivity index (χ0) is 17.6. The third-order valence-electron chi connectivity index (χ3n) is 4.39. The fraction of sp³-hybridized carbons (Fsp3) is 0.167. The van der Waals surface area contributed by atoms with E-state index in [0.29, 0.717) is 17.0 Å². The summed E-state index contributed by atoms with van der Waals surface area (Å²) in [4.78, 5) is 41.0. The number of nitrogens with one attached hydrogen (secondary N) is 2. The Labute approximate surface area is 142 Å². The Balaban J connectivity index is 1.64. The van der Waals surface area contributed by atoms with Gasteiger partial charge in [0.05, 0.1) is 12.2 Å². The number of rotatable bonds is 4. The van der Waals surface area contributed by atoms with Crippen LogP contribution in [0.25, 0.3) is 11.0 Å². The van der Waals surface area contributed by atoms with Crippen LogP contribution in [0.15, 0.2) is 53.1 Å². The van der Waals surface area contributed by atoms with Crippen molar-refractivity contribution < 1.29 is 18.8 Å². The molecule has 0 unspecified atom stereocenters. The van der Waals surface area contributed by atoms with Gasteiger partial charge in [0.2, 0.25) is 0 Å². The van der Waals surface area contributed by atoms with Crippen molar-refractivity contribution in [3.05, 3.63) is 60.1 Å². The van der Waals surface area contributed by atoms with Gasteiger partial charge in [-0.3, -0.25) is 14.5 Å². The summed E-state index contributed by atoms with van der Waals surface area (Å²) in [6.07, 6.45) is 1.61. The monoisotopic (exact) mass is 337 g/mol. The predicted octanol–water partition coefficient (Wildman–Crippen LogP) is 2.41. The Morgan fingerprint density at radius 2 is 2.00 bits per heavy atom. The summed E-state index contributed by atoms with van der Waals surface area (Å²) < 4.78 is 5.75. The van der Waals surface area contributed by atoms with Gasteiger partial charge in [0.25, 0.3) is 5.91 Å². The summed E-state index contributed by atoms with van der Waals surface area (Å²) in [6.45, 7) is 1.24. The molecule has 3 amide bonds. The van der Waals surface area contributed by atoms with Gasteiger partial charge in [0.1, 0.15) is 11.3 Å². The van der Waals surface area contributed by atoms with Gasteiger partial charge in [0.15, 0.2) is 11.3 Å². The highest BCUT2D eigenvalue weighted by Crippen LogP contribution is 2.33. The van der Waals surface area contributed by atoms with Crippen molar-refractivity contribution in [2.45, 2.75) is 12.5 Å². The largest absolute Gasteiger partial charge is 0.458 e. The molecule has 2 N–H and O–H groups in total. The predicted molar refractivity (Wildman–Crippen MR) is 88.9 cm³/mol. The summed E-state index contributed by atoms with van der Waals surface area (Å²) in [7, 11) is 0. The highest BCUT2D eigenvalue weighted by atomic mass is 16.3. The van der Waals surface area contributed by atoms with Crippen LogP contribution in [-0.2, 0) is 10.3 Å². The van der Waals surface area contributed by atoms with Crippen molar-refractivity contribution in [2.24, 2.45) is 0 Å². The number of hydrogen-bond donors (Lipinski definition) is 2. The van der Waals surface area contributed by atoms with Crippen LogP contribution in [0.3, 0.4) is 0 Å². The zero-order valence-corrected chi connectivity index (χ0v) is 13.4. The number of ketones is 1. The number of benzene rings is 1. The van der Waals surface area contributed by atoms with E-state index >= 15 is 0 Å². The number of hydrogen-bond acceptors (Lipinski definition) is 4. The molecule has 1 fully saturated rings. The standard InChI is InChI=1S/C18H15N3O4/c1-18(15-9-11-5-2-3-7-14(11)25-15)16(23)21(17(24)20-18)10-13(22)12-6-4-8-19-12/h2-9,19H,10H2,1H3,(H,20,24)/t18-/m1/s1. The van der Waals surface area contributed by atoms with Crippen LogP contribution >= 0.6 is 0 Å². The lowest BCUT2D eigenvalue weighted by molar-refractivity contribution is -0.131. The van der Waals surface area contributed by atoms with Gasteiger partial charge in [-0.15, -0.1) is 0 Å². The molecule has 0 spiro atoms. The number of carbonyl (C=O) groups is 3. The van der Waals surface area contributed by atoms with Crippen molar-refractivity contribution in [1.29, 1.82) is 0 Å². The molecule has 1 aliphatic rings. The number of amides is 3. The third-order valence-corrected chi connectivity index (χ3v) is 4.39. The maximum Gasteiger partial charge on any atom is 0.325 e. The highest BCUT2D eigenvalue weighted by Gasteiger charge is 2.51. The van der Waals surface area contributed by atoms with Gasteiger partial charge in [-0.1, -0.05) is 18.2 Å². The summed E-state index contributed by atoms with van der Waals surface area (Å²) >= 11 is 0. The number of fused-ring (bicyclic) bond motifs is 1. The van der Waals surface area contributed by atoms with E-state index in [1.54, 1.807) is 37.4 Å². The SMILES string of the molecule is C[C@]1(c2cc3ccccc3o2)NC(=O)N(CC(=O)c2ccc[nH]2)C1=O. The zero-order valence-electron chi connectivity index (χ0n) is 13.4. The summed E-state index contributed by atoms with van der Waals surface area (Å²) in [6, 6.07) is 11.7. The van der Waals surface area contributed by atoms with Gasteiger partial charge >= 0.3 is 6.03 Å². The summed E-state index contributed by atoms with van der Waals surface area (Å²) in [5, 5.41) is 3.47. The van der Waals surface area contributed by atoms with Gasteiger partial charge in [0, 0.05) is 11.6 Å². The van der Waals surface area contributed by atoms with Crippen LogP contribution in [0.5, 0.6) is 0 Å². The maximum atomic E-state index is 12.8. The summed E-state index contributed by atoms with van der Waals surface area (Å²) in [5.41, 5.74) is -0.369. The fourth-order valence-corrected chi connectivity index (χ4v) is 2.97. The van der Waals surface area contributed by atoms with Crippen molar-refractivity contribution in [3.8, 4) is 0 Å². The lowest BCUT2D eigenvalue weighted by atomic mass is 9.98. The van der Waals surface area contributed by atoms with E-state index in [1.807, 2.05) is 18.2 Å². The van der Waals surface area contributed by atoms with E-state index in [2.05, 4.69) is 10.3 Å². The molecule has 3 heterocycles. The normalized spacial score (nSPS) is 20.3. The molecule has 2 aromatic heterocycles. The second-order valence-corrected chi connectivity index (χ2v) is 6.10. The van der Waals surface area contributed by atoms with Crippen LogP contribution in [-0.4, -0.2) is 34.2 Å². The number of furan rings is 1. The van der Waals surface area contributed by atoms with E-state index in [0.717, 1.165) is 10.3 Å². The molecule has 1 aromatic carbocycles. The number of aromatic amines is 1. The molecule has 3 aromatic rings. The number of urea groups is 1. The molecular formula is C18H15N3O4. The van der Waals surface area contributed by atoms with Gasteiger partial charge in [-0.2, -0.15) is 0 Å². The molecule has 0 bridgehead atoms. The van der Waals surface area contributed by atoms with Crippen molar-refractivity contribution in [2.75, 3.05) is 6.54 Å². The Morgan fingerprint density at radius 1 is 1.20 bits per heavy atom. The molecule has 1 saturated heterocycles. The lowest BCUT2D eigenvalue weighted by Crippen LogP contribution is -2.41. The molecule has 4 rings (SSSR count). The number of aromatic nitrogens is 1. The Morgan fingerprint density at radius 3 is 2.72 bits per heavy atom. The molecule has 25 heavy (non-hydrogen) atoms. The quantitative estimate of drug-likeness (QED) is 0.564. The van der Waals surface area contributed by atoms with Crippen LogP contribution in [0, 0.1) is 0 Å². The van der Waals surface area contributed by atoms with Crippen molar-refractivity contribution in [1.82, 2.24) is 15.2 Å². The average Bonchev–Trinajstić information content (AvgIpc) is 3.30. The van der Waals surface area contributed by atoms with E-state index in [4.69, 9.17) is 4.42 Å². The van der Waals surface area contributed by atoms with E-state index in [1.165, 1.54) is 0 Å². The van der Waals surface area contributed by atoms with E-state index < -0.39 is 17.5 Å². The first kappa shape index (κ1) is 15.2. The first-order valence-electron chi connectivity index (χ1n) is 7.79. The second-order valence-electron chi connectivity index (χ2n) is 6.10. The van der Waals surface area contributed by atoms with Gasteiger partial charge in [-0.05, 0) is 31.2 Å². The Bertz CT molecular complexity index is 956. The molecule has 126 valence electrons. The second kappa shape index (κ2) is 5.34. The number of Topliss-reactive ketones (excluding diaryl/α,β-unsaturated/α-hetero) is 1. The maximum absolute atomic E-state index is 12.8. The van der Waals surface area contributed by atoms with Crippen LogP contribution in [0.1, 0.15) is 23.2 Å². The molecule has 0 radical (unpaired) electrons. The van der Waals surface area contributed by atoms with Crippen molar-refractivity contribution in [3.63, 3.8) is 0 Å². The molecule has 1 atom stereocenters. The van der Waals surface area contributed by atoms with Gasteiger partial charge < -0.3 is 14.7 Å². The average molecular weight is 337 g/mol. The number of imide groups is 1. The number of para-hydroxylation sites is 1. The smallest absolute Gasteiger partial charge is 0.325 e. The van der Waals surface area contributed by atoms with Crippen LogP contribution in [0.4, 0.5) is 4.79 Å². The minimum atomic E-state index is -1.34. The first-order valence-corrected chi connectivity index (χ1v) is 7.79. The van der Waals surface area contributed by atoms with Gasteiger partial charge in [-0.25, -0.2) is 4.79 Å². The Kier molecular flexibility index (Phi) is 3.24. The molecule has 0 saturated carbocycles. The molecular weight excluding hydrogens is 322 g/mol. The number of nitrogens with zero attached hydrogens (tertiary/aromatic N) is 1. The van der Waals surface area contributed by atoms with Crippen LogP contribution in [0.2, 0.25) is 0 Å². The fourth-order valence-electron chi connectivity index (χ4n) is 2.97. The molecule has 7 nitrogen and oxygen atoms in total. The first-order chi connectivity index (χ1) is 12.0. The highest BCUT2D eigenvalue weighted by molar-refractivity contribution is 6.11. The minimum absolute atomic E-state index is 0.332. The topological polar surface area (TPSA) is 95.4 Å². The van der Waals surface area contributed by atoms with Crippen molar-refractivity contribution >= 4 is 28.7 Å². The number of H-pyrrole nitrogens is 1. The van der Waals surface area contributed by atoms with Crippen LogP contribution < -0.4 is 5.32 Å².